The van der Waals surface area contributed by atoms with Crippen molar-refractivity contribution in [3.8, 4) is 11.5 Å². The Morgan fingerprint density at radius 1 is 0.895 bits per heavy atom. The van der Waals surface area contributed by atoms with Crippen LogP contribution >= 0.6 is 0 Å². The first-order chi connectivity index (χ1) is 17.8. The van der Waals surface area contributed by atoms with Gasteiger partial charge in [-0.1, -0.05) is 18.2 Å². The molecule has 0 heterocycles. The van der Waals surface area contributed by atoms with Gasteiger partial charge < -0.3 is 25.7 Å². The predicted molar refractivity (Wildman–Crippen MR) is 133 cm³/mol. The molecule has 3 aromatic carbocycles. The van der Waals surface area contributed by atoms with E-state index in [-0.39, 0.29) is 24.8 Å². The molecule has 3 aromatic rings. The number of rotatable bonds is 10. The maximum absolute atomic E-state index is 13.3. The standard InChI is InChI=1S/C27H24F4N2O5/c1-26(28,29)27(30,31)38-22-11-6-19(7-12-22)25(35)37-21-9-2-17(3-10-21)4-13-24(34)36-15-14-18-5-8-20(32)16-23(18)33/h2-13,16H,14-15,32-33H2,1H3. The number of nitrogens with two attached hydrogens (primary N) is 2. The molecule has 0 atom stereocenters. The zero-order valence-corrected chi connectivity index (χ0v) is 20.1. The van der Waals surface area contributed by atoms with E-state index in [2.05, 4.69) is 4.74 Å². The van der Waals surface area contributed by atoms with Gasteiger partial charge in [-0.15, -0.1) is 0 Å². The first kappa shape index (κ1) is 28.0. The lowest BCUT2D eigenvalue weighted by Crippen LogP contribution is -2.42. The van der Waals surface area contributed by atoms with E-state index < -0.39 is 29.7 Å². The van der Waals surface area contributed by atoms with Gasteiger partial charge in [0.1, 0.15) is 11.5 Å². The molecule has 0 saturated heterocycles. The zero-order chi connectivity index (χ0) is 27.9. The summed E-state index contributed by atoms with van der Waals surface area (Å²) in [6, 6.07) is 15.4. The van der Waals surface area contributed by atoms with Crippen molar-refractivity contribution in [2.45, 2.75) is 25.4 Å². The smallest absolute Gasteiger partial charge is 0.462 e. The van der Waals surface area contributed by atoms with E-state index in [1.807, 2.05) is 0 Å². The topological polar surface area (TPSA) is 114 Å². The minimum absolute atomic E-state index is 0.0173. The number of hydrogen-bond donors (Lipinski definition) is 2. The van der Waals surface area contributed by atoms with Crippen molar-refractivity contribution in [1.29, 1.82) is 0 Å². The van der Waals surface area contributed by atoms with E-state index in [1.165, 1.54) is 24.3 Å². The van der Waals surface area contributed by atoms with Crippen LogP contribution in [-0.2, 0) is 16.0 Å². The van der Waals surface area contributed by atoms with Crippen LogP contribution in [0.2, 0.25) is 0 Å². The van der Waals surface area contributed by atoms with Crippen LogP contribution in [0.3, 0.4) is 0 Å². The van der Waals surface area contributed by atoms with Crippen LogP contribution in [-0.4, -0.2) is 30.6 Å². The monoisotopic (exact) mass is 532 g/mol. The van der Waals surface area contributed by atoms with Crippen LogP contribution in [0.4, 0.5) is 28.9 Å². The lowest BCUT2D eigenvalue weighted by Gasteiger charge is -2.23. The van der Waals surface area contributed by atoms with Crippen LogP contribution in [0.15, 0.2) is 72.8 Å². The Kier molecular flexibility index (Phi) is 8.61. The number of ether oxygens (including phenoxy) is 3. The Bertz CT molecular complexity index is 1300. The van der Waals surface area contributed by atoms with E-state index in [9.17, 15) is 27.2 Å². The molecule has 11 heteroatoms. The number of carbonyl (C=O) groups excluding carboxylic acids is 2. The summed E-state index contributed by atoms with van der Waals surface area (Å²) in [6.45, 7) is 0.166. The molecule has 0 aliphatic carbocycles. The summed E-state index contributed by atoms with van der Waals surface area (Å²) in [5.41, 5.74) is 14.0. The van der Waals surface area contributed by atoms with Crippen LogP contribution in [0.5, 0.6) is 11.5 Å². The summed E-state index contributed by atoms with van der Waals surface area (Å²) in [5.74, 6) is -6.12. The van der Waals surface area contributed by atoms with Crippen molar-refractivity contribution >= 4 is 29.4 Å². The Morgan fingerprint density at radius 2 is 1.53 bits per heavy atom. The number of halogens is 4. The van der Waals surface area contributed by atoms with Gasteiger partial charge in [-0.3, -0.25) is 0 Å². The number of nitrogen functional groups attached to an aromatic ring is 2. The maximum Gasteiger partial charge on any atom is 0.463 e. The molecule has 0 spiro atoms. The van der Waals surface area contributed by atoms with E-state index in [0.717, 1.165) is 29.8 Å². The SMILES string of the molecule is CC(F)(F)C(F)(F)Oc1ccc(C(=O)Oc2ccc(C=CC(=O)OCCc3ccc(N)cc3N)cc2)cc1. The number of alkyl halides is 4. The Morgan fingerprint density at radius 3 is 2.13 bits per heavy atom. The number of anilines is 2. The fourth-order valence-corrected chi connectivity index (χ4v) is 3.02. The third-order valence-corrected chi connectivity index (χ3v) is 5.14. The van der Waals surface area contributed by atoms with Gasteiger partial charge >= 0.3 is 24.0 Å². The highest BCUT2D eigenvalue weighted by molar-refractivity contribution is 5.91. The number of benzene rings is 3. The third-order valence-electron chi connectivity index (χ3n) is 5.14. The highest BCUT2D eigenvalue weighted by Crippen LogP contribution is 2.35. The maximum atomic E-state index is 13.3. The van der Waals surface area contributed by atoms with Gasteiger partial charge in [0.2, 0.25) is 0 Å². The van der Waals surface area contributed by atoms with Crippen LogP contribution in [0.1, 0.15) is 28.4 Å². The molecule has 0 aliphatic rings. The molecular formula is C27H24F4N2O5. The number of hydrogen-bond acceptors (Lipinski definition) is 7. The molecule has 0 amide bonds. The van der Waals surface area contributed by atoms with Crippen molar-refractivity contribution < 1.29 is 41.4 Å². The third kappa shape index (κ3) is 7.73. The second-order valence-corrected chi connectivity index (χ2v) is 8.20. The molecule has 3 rings (SSSR count). The number of esters is 2. The van der Waals surface area contributed by atoms with E-state index in [1.54, 1.807) is 30.3 Å². The largest absolute Gasteiger partial charge is 0.463 e. The molecule has 7 nitrogen and oxygen atoms in total. The molecular weight excluding hydrogens is 508 g/mol. The van der Waals surface area contributed by atoms with E-state index in [4.69, 9.17) is 20.9 Å². The molecule has 38 heavy (non-hydrogen) atoms. The molecule has 0 saturated carbocycles. The van der Waals surface area contributed by atoms with Gasteiger partial charge in [0.05, 0.1) is 12.2 Å². The molecule has 0 fully saturated rings. The summed E-state index contributed by atoms with van der Waals surface area (Å²) >= 11 is 0. The minimum atomic E-state index is -4.71. The lowest BCUT2D eigenvalue weighted by molar-refractivity contribution is -0.301. The average molecular weight is 532 g/mol. The second-order valence-electron chi connectivity index (χ2n) is 8.20. The van der Waals surface area contributed by atoms with Crippen molar-refractivity contribution in [2.24, 2.45) is 0 Å². The van der Waals surface area contributed by atoms with Gasteiger partial charge in [0.15, 0.2) is 0 Å². The van der Waals surface area contributed by atoms with E-state index in [0.29, 0.717) is 23.4 Å². The van der Waals surface area contributed by atoms with Crippen molar-refractivity contribution in [3.63, 3.8) is 0 Å². The summed E-state index contributed by atoms with van der Waals surface area (Å²) in [6.07, 6.45) is -1.52. The summed E-state index contributed by atoms with van der Waals surface area (Å²) in [7, 11) is 0. The van der Waals surface area contributed by atoms with E-state index >= 15 is 0 Å². The summed E-state index contributed by atoms with van der Waals surface area (Å²) in [5, 5.41) is 0. The summed E-state index contributed by atoms with van der Waals surface area (Å²) in [4.78, 5) is 24.2. The molecule has 0 unspecified atom stereocenters. The van der Waals surface area contributed by atoms with Gasteiger partial charge in [-0.05, 0) is 65.7 Å². The highest BCUT2D eigenvalue weighted by Gasteiger charge is 2.55. The molecule has 0 aromatic heterocycles. The van der Waals surface area contributed by atoms with Crippen molar-refractivity contribution in [3.05, 3.63) is 89.5 Å². The first-order valence-corrected chi connectivity index (χ1v) is 11.2. The van der Waals surface area contributed by atoms with Gasteiger partial charge in [-0.2, -0.15) is 17.6 Å². The average Bonchev–Trinajstić information content (AvgIpc) is 2.84. The van der Waals surface area contributed by atoms with Crippen molar-refractivity contribution in [2.75, 3.05) is 18.1 Å². The van der Waals surface area contributed by atoms with Gasteiger partial charge in [0.25, 0.3) is 0 Å². The van der Waals surface area contributed by atoms with Gasteiger partial charge in [0, 0.05) is 30.8 Å². The first-order valence-electron chi connectivity index (χ1n) is 11.2. The fourth-order valence-electron chi connectivity index (χ4n) is 3.02. The lowest BCUT2D eigenvalue weighted by atomic mass is 10.1. The minimum Gasteiger partial charge on any atom is -0.462 e. The van der Waals surface area contributed by atoms with Crippen molar-refractivity contribution in [1.82, 2.24) is 0 Å². The molecule has 0 radical (unpaired) electrons. The highest BCUT2D eigenvalue weighted by atomic mass is 19.3. The molecule has 4 N–H and O–H groups in total. The number of carbonyl (C=O) groups is 2. The zero-order valence-electron chi connectivity index (χ0n) is 20.1. The quantitative estimate of drug-likeness (QED) is 0.117. The van der Waals surface area contributed by atoms with Crippen LogP contribution in [0, 0.1) is 0 Å². The molecule has 0 aliphatic heterocycles. The predicted octanol–water partition coefficient (Wildman–Crippen LogP) is 5.50. The fraction of sp³-hybridized carbons (Fsp3) is 0.185. The molecule has 200 valence electrons. The Hall–Kier alpha value is -4.54. The van der Waals surface area contributed by atoms with Crippen LogP contribution < -0.4 is 20.9 Å². The molecule has 0 bridgehead atoms. The Balaban J connectivity index is 1.48. The normalized spacial score (nSPS) is 11.8. The second kappa shape index (κ2) is 11.7. The van der Waals surface area contributed by atoms with Crippen LogP contribution in [0.25, 0.3) is 6.08 Å². The Labute approximate surface area is 215 Å². The van der Waals surface area contributed by atoms with Gasteiger partial charge in [-0.25, -0.2) is 9.59 Å². The summed E-state index contributed by atoms with van der Waals surface area (Å²) < 4.78 is 66.9.